The number of nitrogens with one attached hydrogen (secondary N) is 2. The number of likely N-dealkylation sites (tertiary alicyclic amines) is 1. The number of rotatable bonds is 5. The van der Waals surface area contributed by atoms with Crippen molar-refractivity contribution in [2.75, 3.05) is 26.2 Å². The van der Waals surface area contributed by atoms with E-state index in [1.165, 1.54) is 12.1 Å². The fraction of sp³-hybridized carbons (Fsp3) is 0.500. The van der Waals surface area contributed by atoms with Crippen LogP contribution in [-0.4, -0.2) is 42.9 Å². The van der Waals surface area contributed by atoms with E-state index in [9.17, 15) is 9.18 Å². The molecule has 5 nitrogen and oxygen atoms in total. The van der Waals surface area contributed by atoms with E-state index in [1.54, 1.807) is 6.07 Å². The van der Waals surface area contributed by atoms with Crippen LogP contribution in [0.4, 0.5) is 4.39 Å². The summed E-state index contributed by atoms with van der Waals surface area (Å²) in [5, 5.41) is 6.12. The molecule has 1 aliphatic heterocycles. The van der Waals surface area contributed by atoms with Crippen molar-refractivity contribution in [1.82, 2.24) is 15.5 Å². The molecule has 0 unspecified atom stereocenters. The van der Waals surface area contributed by atoms with Gasteiger partial charge in [0.15, 0.2) is 5.96 Å². The van der Waals surface area contributed by atoms with Crippen LogP contribution in [0.5, 0.6) is 0 Å². The standard InChI is InChI=1S/C16H23FN4O.HI/c1-2-18-16(19-11-13-6-5-7-14(17)10-13)20-12-15(22)21-8-3-4-9-21;/h5-7,10H,2-4,8-9,11-12H2,1H3,(H2,18,19,20);1H. The molecule has 0 radical (unpaired) electrons. The molecule has 0 spiro atoms. The van der Waals surface area contributed by atoms with Crippen molar-refractivity contribution in [3.63, 3.8) is 0 Å². The summed E-state index contributed by atoms with van der Waals surface area (Å²) in [4.78, 5) is 18.2. The maximum absolute atomic E-state index is 13.1. The molecule has 0 saturated carbocycles. The molecule has 0 aromatic heterocycles. The Kier molecular flexibility index (Phi) is 8.90. The summed E-state index contributed by atoms with van der Waals surface area (Å²) >= 11 is 0. The van der Waals surface area contributed by atoms with Crippen LogP contribution < -0.4 is 10.6 Å². The first-order valence-corrected chi connectivity index (χ1v) is 7.73. The minimum atomic E-state index is -0.269. The van der Waals surface area contributed by atoms with Gasteiger partial charge in [0, 0.05) is 19.6 Å². The largest absolute Gasteiger partial charge is 0.357 e. The van der Waals surface area contributed by atoms with E-state index in [0.29, 0.717) is 19.0 Å². The highest BCUT2D eigenvalue weighted by Gasteiger charge is 2.17. The van der Waals surface area contributed by atoms with Gasteiger partial charge in [-0.05, 0) is 37.5 Å². The zero-order valence-corrected chi connectivity index (χ0v) is 15.7. The summed E-state index contributed by atoms with van der Waals surface area (Å²) in [7, 11) is 0. The lowest BCUT2D eigenvalue weighted by Crippen LogP contribution is -2.44. The van der Waals surface area contributed by atoms with E-state index in [4.69, 9.17) is 0 Å². The molecule has 2 rings (SSSR count). The third-order valence-electron chi connectivity index (χ3n) is 3.52. The molecule has 1 aromatic carbocycles. The van der Waals surface area contributed by atoms with Gasteiger partial charge >= 0.3 is 0 Å². The second kappa shape index (κ2) is 10.4. The zero-order chi connectivity index (χ0) is 15.8. The lowest BCUT2D eigenvalue weighted by Gasteiger charge is -2.17. The number of nitrogens with zero attached hydrogens (tertiary/aromatic N) is 2. The van der Waals surface area contributed by atoms with E-state index in [0.717, 1.165) is 31.5 Å². The summed E-state index contributed by atoms with van der Waals surface area (Å²) in [5.41, 5.74) is 0.795. The Morgan fingerprint density at radius 2 is 2.04 bits per heavy atom. The zero-order valence-electron chi connectivity index (χ0n) is 13.3. The van der Waals surface area contributed by atoms with Gasteiger partial charge < -0.3 is 15.5 Å². The summed E-state index contributed by atoms with van der Waals surface area (Å²) in [5.74, 6) is 0.392. The topological polar surface area (TPSA) is 56.7 Å². The normalized spacial score (nSPS) is 14.3. The smallest absolute Gasteiger partial charge is 0.241 e. The predicted octanol–water partition coefficient (Wildman–Crippen LogP) is 2.12. The number of amides is 1. The third-order valence-corrected chi connectivity index (χ3v) is 3.52. The molecule has 7 heteroatoms. The monoisotopic (exact) mass is 434 g/mol. The first-order chi connectivity index (χ1) is 10.7. The SMILES string of the molecule is CCNC(=NCc1cccc(F)c1)NCC(=O)N1CCCC1.I. The van der Waals surface area contributed by atoms with Gasteiger partial charge in [0.1, 0.15) is 5.82 Å². The van der Waals surface area contributed by atoms with Crippen molar-refractivity contribution in [3.05, 3.63) is 35.6 Å². The highest BCUT2D eigenvalue weighted by atomic mass is 127. The van der Waals surface area contributed by atoms with Crippen LogP contribution in [0.25, 0.3) is 0 Å². The molecule has 1 aromatic rings. The molecule has 1 aliphatic rings. The van der Waals surface area contributed by atoms with Crippen LogP contribution in [0, 0.1) is 5.82 Å². The van der Waals surface area contributed by atoms with Crippen molar-refractivity contribution in [2.24, 2.45) is 4.99 Å². The summed E-state index contributed by atoms with van der Waals surface area (Å²) in [6.07, 6.45) is 2.17. The molecule has 1 saturated heterocycles. The number of benzene rings is 1. The molecule has 0 aliphatic carbocycles. The van der Waals surface area contributed by atoms with Crippen molar-refractivity contribution in [1.29, 1.82) is 0 Å². The molecule has 2 N–H and O–H groups in total. The lowest BCUT2D eigenvalue weighted by atomic mass is 10.2. The predicted molar refractivity (Wildman–Crippen MR) is 100 cm³/mol. The number of aliphatic imine (C=N–C) groups is 1. The Labute approximate surface area is 153 Å². The van der Waals surface area contributed by atoms with Crippen LogP contribution in [-0.2, 0) is 11.3 Å². The number of hydrogen-bond donors (Lipinski definition) is 2. The van der Waals surface area contributed by atoms with Gasteiger partial charge in [0.2, 0.25) is 5.91 Å². The molecular weight excluding hydrogens is 410 g/mol. The lowest BCUT2D eigenvalue weighted by molar-refractivity contribution is -0.128. The van der Waals surface area contributed by atoms with E-state index < -0.39 is 0 Å². The Morgan fingerprint density at radius 3 is 2.70 bits per heavy atom. The molecule has 0 atom stereocenters. The highest BCUT2D eigenvalue weighted by molar-refractivity contribution is 14.0. The second-order valence-corrected chi connectivity index (χ2v) is 5.27. The fourth-order valence-electron chi connectivity index (χ4n) is 2.39. The van der Waals surface area contributed by atoms with Crippen molar-refractivity contribution in [3.8, 4) is 0 Å². The van der Waals surface area contributed by atoms with Crippen molar-refractivity contribution < 1.29 is 9.18 Å². The van der Waals surface area contributed by atoms with Gasteiger partial charge in [-0.15, -0.1) is 24.0 Å². The third kappa shape index (κ3) is 6.72. The molecule has 1 heterocycles. The number of carbonyl (C=O) groups excluding carboxylic acids is 1. The van der Waals surface area contributed by atoms with Crippen LogP contribution in [0.3, 0.4) is 0 Å². The highest BCUT2D eigenvalue weighted by Crippen LogP contribution is 2.07. The summed E-state index contributed by atoms with van der Waals surface area (Å²) in [6.45, 7) is 4.95. The van der Waals surface area contributed by atoms with Crippen molar-refractivity contribution >= 4 is 35.8 Å². The average molecular weight is 434 g/mol. The van der Waals surface area contributed by atoms with E-state index in [2.05, 4.69) is 15.6 Å². The Morgan fingerprint density at radius 1 is 1.30 bits per heavy atom. The summed E-state index contributed by atoms with van der Waals surface area (Å²) in [6, 6.07) is 6.36. The number of hydrogen-bond acceptors (Lipinski definition) is 2. The van der Waals surface area contributed by atoms with E-state index in [1.807, 2.05) is 17.9 Å². The molecule has 1 fully saturated rings. The Balaban J connectivity index is 0.00000264. The van der Waals surface area contributed by atoms with Crippen molar-refractivity contribution in [2.45, 2.75) is 26.3 Å². The average Bonchev–Trinajstić information content (AvgIpc) is 3.04. The first kappa shape index (κ1) is 19.7. The van der Waals surface area contributed by atoms with Gasteiger partial charge in [-0.25, -0.2) is 9.38 Å². The summed E-state index contributed by atoms with van der Waals surface area (Å²) < 4.78 is 13.1. The molecule has 1 amide bonds. The maximum atomic E-state index is 13.1. The van der Waals surface area contributed by atoms with Crippen LogP contribution >= 0.6 is 24.0 Å². The van der Waals surface area contributed by atoms with E-state index >= 15 is 0 Å². The molecule has 128 valence electrons. The van der Waals surface area contributed by atoms with E-state index in [-0.39, 0.29) is 42.2 Å². The first-order valence-electron chi connectivity index (χ1n) is 7.73. The second-order valence-electron chi connectivity index (χ2n) is 5.27. The Bertz CT molecular complexity index is 533. The van der Waals surface area contributed by atoms with Gasteiger partial charge in [-0.3, -0.25) is 4.79 Å². The number of guanidine groups is 1. The van der Waals surface area contributed by atoms with Gasteiger partial charge in [-0.2, -0.15) is 0 Å². The van der Waals surface area contributed by atoms with Gasteiger partial charge in [0.05, 0.1) is 13.1 Å². The molecule has 0 bridgehead atoms. The van der Waals surface area contributed by atoms with Gasteiger partial charge in [0.25, 0.3) is 0 Å². The van der Waals surface area contributed by atoms with Crippen LogP contribution in [0.15, 0.2) is 29.3 Å². The number of carbonyl (C=O) groups is 1. The van der Waals surface area contributed by atoms with Crippen LogP contribution in [0.1, 0.15) is 25.3 Å². The maximum Gasteiger partial charge on any atom is 0.241 e. The molecular formula is C16H24FIN4O. The van der Waals surface area contributed by atoms with Crippen LogP contribution in [0.2, 0.25) is 0 Å². The quantitative estimate of drug-likeness (QED) is 0.424. The fourth-order valence-corrected chi connectivity index (χ4v) is 2.39. The Hall–Kier alpha value is -1.38. The number of halogens is 2. The minimum Gasteiger partial charge on any atom is -0.357 e. The van der Waals surface area contributed by atoms with Gasteiger partial charge in [-0.1, -0.05) is 12.1 Å². The minimum absolute atomic E-state index is 0. The molecule has 23 heavy (non-hydrogen) atoms.